The fraction of sp³-hybridized carbons (Fsp3) is 0.0667. The van der Waals surface area contributed by atoms with Gasteiger partial charge in [0.25, 0.3) is 0 Å². The number of halogens is 1. The number of nitrogens with zero attached hydrogens (tertiary/aromatic N) is 2. The van der Waals surface area contributed by atoms with Crippen molar-refractivity contribution in [2.75, 3.05) is 5.32 Å². The number of rotatable bonds is 3. The van der Waals surface area contributed by atoms with Crippen LogP contribution in [0, 0.1) is 0 Å². The first-order chi connectivity index (χ1) is 9.74. The molecular weight excluding hydrogens is 318 g/mol. The number of carbonyl (C=O) groups excluding carboxylic acids is 1. The molecule has 0 aliphatic rings. The standard InChI is InChI=1S/C15H12BrN3O/c16-12-4-3-5-13-11(12)7-9-19(13)10-15(20)18-14-6-1-2-8-17-14/h1-9H,10H2,(H,17,18,20). The molecule has 0 unspecified atom stereocenters. The topological polar surface area (TPSA) is 46.9 Å². The van der Waals surface area contributed by atoms with Gasteiger partial charge in [0.1, 0.15) is 12.4 Å². The molecule has 0 spiro atoms. The van der Waals surface area contributed by atoms with Crippen LogP contribution in [0.4, 0.5) is 5.82 Å². The van der Waals surface area contributed by atoms with Gasteiger partial charge in [-0.1, -0.05) is 28.1 Å². The highest BCUT2D eigenvalue weighted by atomic mass is 79.9. The van der Waals surface area contributed by atoms with Crippen LogP contribution in [-0.2, 0) is 11.3 Å². The number of carbonyl (C=O) groups is 1. The van der Waals surface area contributed by atoms with E-state index in [1.165, 1.54) is 0 Å². The number of aromatic nitrogens is 2. The van der Waals surface area contributed by atoms with Gasteiger partial charge in [-0.3, -0.25) is 4.79 Å². The van der Waals surface area contributed by atoms with Gasteiger partial charge in [-0.05, 0) is 30.3 Å². The van der Waals surface area contributed by atoms with E-state index >= 15 is 0 Å². The molecule has 5 heteroatoms. The molecule has 2 heterocycles. The molecular formula is C15H12BrN3O. The van der Waals surface area contributed by atoms with E-state index in [0.29, 0.717) is 5.82 Å². The van der Waals surface area contributed by atoms with Crippen molar-refractivity contribution in [3.8, 4) is 0 Å². The Labute approximate surface area is 124 Å². The molecule has 4 nitrogen and oxygen atoms in total. The number of hydrogen-bond acceptors (Lipinski definition) is 2. The highest BCUT2D eigenvalue weighted by Gasteiger charge is 2.08. The van der Waals surface area contributed by atoms with Crippen LogP contribution < -0.4 is 5.32 Å². The van der Waals surface area contributed by atoms with E-state index in [4.69, 9.17) is 0 Å². The van der Waals surface area contributed by atoms with Gasteiger partial charge < -0.3 is 9.88 Å². The second-order valence-electron chi connectivity index (χ2n) is 4.38. The lowest BCUT2D eigenvalue weighted by atomic mass is 10.2. The van der Waals surface area contributed by atoms with Crippen LogP contribution in [0.2, 0.25) is 0 Å². The average molecular weight is 330 g/mol. The van der Waals surface area contributed by atoms with Crippen molar-refractivity contribution in [1.82, 2.24) is 9.55 Å². The van der Waals surface area contributed by atoms with Gasteiger partial charge in [-0.15, -0.1) is 0 Å². The van der Waals surface area contributed by atoms with E-state index in [9.17, 15) is 4.79 Å². The third-order valence-corrected chi connectivity index (χ3v) is 3.70. The van der Waals surface area contributed by atoms with E-state index in [2.05, 4.69) is 26.2 Å². The zero-order valence-corrected chi connectivity index (χ0v) is 12.2. The normalized spacial score (nSPS) is 10.7. The van der Waals surface area contributed by atoms with Gasteiger partial charge in [-0.25, -0.2) is 4.98 Å². The predicted molar refractivity (Wildman–Crippen MR) is 82.5 cm³/mol. The van der Waals surface area contributed by atoms with Gasteiger partial charge >= 0.3 is 0 Å². The van der Waals surface area contributed by atoms with Crippen LogP contribution in [0.15, 0.2) is 59.3 Å². The van der Waals surface area contributed by atoms with Gasteiger partial charge in [0.2, 0.25) is 5.91 Å². The average Bonchev–Trinajstić information content (AvgIpc) is 2.84. The molecule has 1 N–H and O–H groups in total. The molecule has 1 amide bonds. The lowest BCUT2D eigenvalue weighted by molar-refractivity contribution is -0.116. The Bertz CT molecular complexity index is 752. The molecule has 0 saturated heterocycles. The molecule has 0 radical (unpaired) electrons. The van der Waals surface area contributed by atoms with Crippen LogP contribution in [-0.4, -0.2) is 15.5 Å². The van der Waals surface area contributed by atoms with Crippen LogP contribution in [0.5, 0.6) is 0 Å². The summed E-state index contributed by atoms with van der Waals surface area (Å²) in [5.41, 5.74) is 1.02. The molecule has 0 fully saturated rings. The molecule has 0 atom stereocenters. The maximum Gasteiger partial charge on any atom is 0.245 e. The molecule has 0 aliphatic carbocycles. The van der Waals surface area contributed by atoms with Crippen LogP contribution in [0.25, 0.3) is 10.9 Å². The molecule has 2 aromatic heterocycles. The fourth-order valence-corrected chi connectivity index (χ4v) is 2.59. The number of pyridine rings is 1. The molecule has 3 rings (SSSR count). The number of anilines is 1. The van der Waals surface area contributed by atoms with E-state index in [-0.39, 0.29) is 12.5 Å². The summed E-state index contributed by atoms with van der Waals surface area (Å²) in [5, 5.41) is 3.87. The third kappa shape index (κ3) is 2.58. The second kappa shape index (κ2) is 5.46. The summed E-state index contributed by atoms with van der Waals surface area (Å²) < 4.78 is 2.94. The van der Waals surface area contributed by atoms with Crippen molar-refractivity contribution < 1.29 is 4.79 Å². The summed E-state index contributed by atoms with van der Waals surface area (Å²) in [6, 6.07) is 13.3. The molecule has 0 bridgehead atoms. The fourth-order valence-electron chi connectivity index (χ4n) is 2.10. The van der Waals surface area contributed by atoms with Crippen molar-refractivity contribution in [1.29, 1.82) is 0 Å². The van der Waals surface area contributed by atoms with E-state index in [1.807, 2.05) is 47.2 Å². The van der Waals surface area contributed by atoms with Gasteiger partial charge in [-0.2, -0.15) is 0 Å². The molecule has 0 aliphatic heterocycles. The molecule has 3 aromatic rings. The van der Waals surface area contributed by atoms with Crippen LogP contribution >= 0.6 is 15.9 Å². The van der Waals surface area contributed by atoms with Crippen molar-refractivity contribution in [3.63, 3.8) is 0 Å². The van der Waals surface area contributed by atoms with E-state index in [0.717, 1.165) is 15.4 Å². The summed E-state index contributed by atoms with van der Waals surface area (Å²) in [4.78, 5) is 16.1. The van der Waals surface area contributed by atoms with Crippen molar-refractivity contribution in [3.05, 3.63) is 59.3 Å². The van der Waals surface area contributed by atoms with Crippen molar-refractivity contribution >= 4 is 38.6 Å². The van der Waals surface area contributed by atoms with Gasteiger partial charge in [0.15, 0.2) is 0 Å². The Kier molecular flexibility index (Phi) is 3.52. The molecule has 100 valence electrons. The first kappa shape index (κ1) is 12.9. The minimum atomic E-state index is -0.0961. The maximum absolute atomic E-state index is 12.0. The maximum atomic E-state index is 12.0. The number of fused-ring (bicyclic) bond motifs is 1. The van der Waals surface area contributed by atoms with E-state index in [1.54, 1.807) is 12.3 Å². The molecule has 0 saturated carbocycles. The zero-order chi connectivity index (χ0) is 13.9. The summed E-state index contributed by atoms with van der Waals surface area (Å²) in [6.07, 6.45) is 3.56. The molecule has 1 aromatic carbocycles. The largest absolute Gasteiger partial charge is 0.338 e. The Morgan fingerprint density at radius 1 is 1.20 bits per heavy atom. The predicted octanol–water partition coefficient (Wildman–Crippen LogP) is 3.44. The van der Waals surface area contributed by atoms with Gasteiger partial charge in [0, 0.05) is 27.8 Å². The lowest BCUT2D eigenvalue weighted by Gasteiger charge is -2.06. The quantitative estimate of drug-likeness (QED) is 0.800. The second-order valence-corrected chi connectivity index (χ2v) is 5.23. The summed E-state index contributed by atoms with van der Waals surface area (Å²) in [5.74, 6) is 0.469. The summed E-state index contributed by atoms with van der Waals surface area (Å²) >= 11 is 3.51. The number of benzene rings is 1. The smallest absolute Gasteiger partial charge is 0.245 e. The van der Waals surface area contributed by atoms with Gasteiger partial charge in [0.05, 0.1) is 0 Å². The summed E-state index contributed by atoms with van der Waals surface area (Å²) in [7, 11) is 0. The number of amides is 1. The van der Waals surface area contributed by atoms with Crippen molar-refractivity contribution in [2.45, 2.75) is 6.54 Å². The lowest BCUT2D eigenvalue weighted by Crippen LogP contribution is -2.18. The Morgan fingerprint density at radius 3 is 2.90 bits per heavy atom. The monoisotopic (exact) mass is 329 g/mol. The molecule has 20 heavy (non-hydrogen) atoms. The van der Waals surface area contributed by atoms with E-state index < -0.39 is 0 Å². The Hall–Kier alpha value is -2.14. The summed E-state index contributed by atoms with van der Waals surface area (Å²) in [6.45, 7) is 0.260. The van der Waals surface area contributed by atoms with Crippen LogP contribution in [0.1, 0.15) is 0 Å². The van der Waals surface area contributed by atoms with Crippen molar-refractivity contribution in [2.24, 2.45) is 0 Å². The Morgan fingerprint density at radius 2 is 2.10 bits per heavy atom. The minimum Gasteiger partial charge on any atom is -0.338 e. The minimum absolute atomic E-state index is 0.0961. The number of hydrogen-bond donors (Lipinski definition) is 1. The zero-order valence-electron chi connectivity index (χ0n) is 10.6. The highest BCUT2D eigenvalue weighted by molar-refractivity contribution is 9.10. The SMILES string of the molecule is O=C(Cn1ccc2c(Br)cccc21)Nc1ccccn1. The third-order valence-electron chi connectivity index (χ3n) is 3.01. The first-order valence-electron chi connectivity index (χ1n) is 6.18. The number of nitrogens with one attached hydrogen (secondary N) is 1. The highest BCUT2D eigenvalue weighted by Crippen LogP contribution is 2.24. The first-order valence-corrected chi connectivity index (χ1v) is 6.97. The Balaban J connectivity index is 1.80. The van der Waals surface area contributed by atoms with Crippen LogP contribution in [0.3, 0.4) is 0 Å².